The van der Waals surface area contributed by atoms with Crippen molar-refractivity contribution in [2.75, 3.05) is 6.54 Å². The molecule has 1 fully saturated rings. The average molecular weight is 292 g/mol. The maximum Gasteiger partial charge on any atom is 0.248 e. The molecular weight excluding hydrogens is 268 g/mol. The van der Waals surface area contributed by atoms with Crippen molar-refractivity contribution >= 4 is 11.8 Å². The van der Waals surface area contributed by atoms with Crippen LogP contribution in [0.1, 0.15) is 39.9 Å². The van der Waals surface area contributed by atoms with E-state index < -0.39 is 11.1 Å². The number of piperazine rings is 1. The summed E-state index contributed by atoms with van der Waals surface area (Å²) in [4.78, 5) is 31.1. The summed E-state index contributed by atoms with van der Waals surface area (Å²) in [5.41, 5.74) is -1.65. The summed E-state index contributed by atoms with van der Waals surface area (Å²) in [7, 11) is 1.93. The van der Waals surface area contributed by atoms with Gasteiger partial charge in [0.1, 0.15) is 16.9 Å². The highest BCUT2D eigenvalue weighted by Crippen LogP contribution is 2.29. The minimum atomic E-state index is -0.854. The van der Waals surface area contributed by atoms with Crippen molar-refractivity contribution in [2.45, 2.75) is 51.6 Å². The molecule has 0 aliphatic carbocycles. The van der Waals surface area contributed by atoms with Crippen LogP contribution in [0.3, 0.4) is 0 Å². The second kappa shape index (κ2) is 5.16. The van der Waals surface area contributed by atoms with Gasteiger partial charge in [0.2, 0.25) is 11.8 Å². The zero-order valence-corrected chi connectivity index (χ0v) is 13.4. The van der Waals surface area contributed by atoms with E-state index in [1.165, 1.54) is 0 Å². The van der Waals surface area contributed by atoms with Gasteiger partial charge in [0.05, 0.1) is 0 Å². The Hall–Kier alpha value is -1.85. The van der Waals surface area contributed by atoms with Crippen molar-refractivity contribution in [3.8, 4) is 0 Å². The van der Waals surface area contributed by atoms with Crippen LogP contribution in [0.25, 0.3) is 0 Å². The number of hydrogen-bond donors (Lipinski definition) is 1. The van der Waals surface area contributed by atoms with Crippen LogP contribution >= 0.6 is 0 Å². The van der Waals surface area contributed by atoms with E-state index in [0.717, 1.165) is 5.82 Å². The Labute approximate surface area is 125 Å². The lowest BCUT2D eigenvalue weighted by molar-refractivity contribution is -0.160. The molecule has 1 aromatic rings. The van der Waals surface area contributed by atoms with Crippen molar-refractivity contribution in [2.24, 2.45) is 7.05 Å². The van der Waals surface area contributed by atoms with Gasteiger partial charge in [0, 0.05) is 32.4 Å². The Morgan fingerprint density at radius 1 is 1.29 bits per heavy atom. The number of aryl methyl sites for hydroxylation is 1. The lowest BCUT2D eigenvalue weighted by Crippen LogP contribution is -2.73. The van der Waals surface area contributed by atoms with Gasteiger partial charge in [-0.25, -0.2) is 4.98 Å². The Bertz CT molecular complexity index is 564. The topological polar surface area (TPSA) is 67.2 Å². The summed E-state index contributed by atoms with van der Waals surface area (Å²) in [6.45, 7) is 7.74. The van der Waals surface area contributed by atoms with Crippen LogP contribution in [0.15, 0.2) is 12.4 Å². The quantitative estimate of drug-likeness (QED) is 0.895. The Balaban J connectivity index is 2.25. The molecule has 1 N–H and O–H groups in total. The molecule has 1 saturated heterocycles. The van der Waals surface area contributed by atoms with Gasteiger partial charge in [0.15, 0.2) is 0 Å². The van der Waals surface area contributed by atoms with Crippen molar-refractivity contribution in [3.63, 3.8) is 0 Å². The molecule has 1 unspecified atom stereocenters. The Kier molecular flexibility index (Phi) is 3.82. The molecule has 0 radical (unpaired) electrons. The molecule has 2 rings (SSSR count). The van der Waals surface area contributed by atoms with E-state index in [0.29, 0.717) is 19.4 Å². The number of rotatable bonds is 4. The molecule has 0 spiro atoms. The minimum Gasteiger partial charge on any atom is -0.340 e. The third-order valence-electron chi connectivity index (χ3n) is 4.46. The number of carbonyl (C=O) groups excluding carboxylic acids is 2. The molecule has 2 heterocycles. The second-order valence-corrected chi connectivity index (χ2v) is 6.37. The van der Waals surface area contributed by atoms with Gasteiger partial charge in [-0.2, -0.15) is 0 Å². The summed E-state index contributed by atoms with van der Waals surface area (Å²) >= 11 is 0. The second-order valence-electron chi connectivity index (χ2n) is 6.37. The number of imidazole rings is 1. The van der Waals surface area contributed by atoms with Gasteiger partial charge >= 0.3 is 0 Å². The zero-order chi connectivity index (χ0) is 15.8. The van der Waals surface area contributed by atoms with E-state index in [1.807, 2.05) is 31.7 Å². The molecular formula is C15H24N4O2. The maximum atomic E-state index is 12.7. The van der Waals surface area contributed by atoms with E-state index in [2.05, 4.69) is 10.3 Å². The van der Waals surface area contributed by atoms with Crippen LogP contribution < -0.4 is 5.32 Å². The fraction of sp³-hybridized carbons (Fsp3) is 0.667. The van der Waals surface area contributed by atoms with Crippen molar-refractivity contribution in [1.29, 1.82) is 0 Å². The standard InChI is InChI=1S/C15H24N4O2/c1-6-15(4)12(20)17-14(2,3)13(21)19(15)9-7-11-16-8-10-18(11)5/h8,10H,6-7,9H2,1-5H3,(H,17,20). The lowest BCUT2D eigenvalue weighted by atomic mass is 9.86. The monoisotopic (exact) mass is 292 g/mol. The van der Waals surface area contributed by atoms with E-state index in [-0.39, 0.29) is 11.8 Å². The molecule has 2 amide bonds. The SMILES string of the molecule is CCC1(C)C(=O)NC(C)(C)C(=O)N1CCc1nccn1C. The van der Waals surface area contributed by atoms with E-state index in [4.69, 9.17) is 0 Å². The third-order valence-corrected chi connectivity index (χ3v) is 4.46. The smallest absolute Gasteiger partial charge is 0.248 e. The van der Waals surface area contributed by atoms with E-state index >= 15 is 0 Å². The summed E-state index contributed by atoms with van der Waals surface area (Å²) in [6.07, 6.45) is 4.83. The van der Waals surface area contributed by atoms with Crippen LogP contribution in [0.2, 0.25) is 0 Å². The molecule has 6 nitrogen and oxygen atoms in total. The molecule has 1 aliphatic rings. The Morgan fingerprint density at radius 3 is 2.48 bits per heavy atom. The highest BCUT2D eigenvalue weighted by Gasteiger charge is 2.51. The number of nitrogens with zero attached hydrogens (tertiary/aromatic N) is 3. The maximum absolute atomic E-state index is 12.7. The van der Waals surface area contributed by atoms with Crippen molar-refractivity contribution < 1.29 is 9.59 Å². The molecule has 21 heavy (non-hydrogen) atoms. The molecule has 6 heteroatoms. The molecule has 1 aliphatic heterocycles. The molecule has 116 valence electrons. The first kappa shape index (κ1) is 15.5. The molecule has 0 bridgehead atoms. The van der Waals surface area contributed by atoms with Crippen LogP contribution in [0.5, 0.6) is 0 Å². The van der Waals surface area contributed by atoms with Crippen molar-refractivity contribution in [1.82, 2.24) is 19.8 Å². The van der Waals surface area contributed by atoms with Crippen molar-refractivity contribution in [3.05, 3.63) is 18.2 Å². The fourth-order valence-corrected chi connectivity index (χ4v) is 2.70. The summed E-state index contributed by atoms with van der Waals surface area (Å²) in [5.74, 6) is 0.778. The zero-order valence-electron chi connectivity index (χ0n) is 13.4. The highest BCUT2D eigenvalue weighted by molar-refractivity contribution is 6.01. The largest absolute Gasteiger partial charge is 0.340 e. The van der Waals surface area contributed by atoms with Crippen LogP contribution in [0, 0.1) is 0 Å². The van der Waals surface area contributed by atoms with Gasteiger partial charge in [-0.1, -0.05) is 6.92 Å². The first-order chi connectivity index (χ1) is 9.72. The number of amides is 2. The molecule has 1 atom stereocenters. The predicted octanol–water partition coefficient (Wildman–Crippen LogP) is 0.868. The number of hydrogen-bond acceptors (Lipinski definition) is 3. The molecule has 1 aromatic heterocycles. The normalized spacial score (nSPS) is 25.1. The molecule has 0 aromatic carbocycles. The van der Waals surface area contributed by atoms with E-state index in [1.54, 1.807) is 24.9 Å². The first-order valence-electron chi connectivity index (χ1n) is 7.33. The highest BCUT2D eigenvalue weighted by atomic mass is 16.2. The molecule has 0 saturated carbocycles. The average Bonchev–Trinajstić information content (AvgIpc) is 2.82. The van der Waals surface area contributed by atoms with Gasteiger partial charge in [-0.05, 0) is 27.2 Å². The first-order valence-corrected chi connectivity index (χ1v) is 7.33. The van der Waals surface area contributed by atoms with Gasteiger partial charge in [-0.3, -0.25) is 9.59 Å². The number of aromatic nitrogens is 2. The summed E-state index contributed by atoms with van der Waals surface area (Å²) in [5, 5.41) is 2.83. The summed E-state index contributed by atoms with van der Waals surface area (Å²) in [6, 6.07) is 0. The van der Waals surface area contributed by atoms with Crippen LogP contribution in [-0.2, 0) is 23.1 Å². The van der Waals surface area contributed by atoms with Gasteiger partial charge in [0.25, 0.3) is 0 Å². The number of carbonyl (C=O) groups is 2. The van der Waals surface area contributed by atoms with Gasteiger partial charge in [-0.15, -0.1) is 0 Å². The minimum absolute atomic E-state index is 0.0411. The summed E-state index contributed by atoms with van der Waals surface area (Å²) < 4.78 is 1.93. The van der Waals surface area contributed by atoms with E-state index in [9.17, 15) is 9.59 Å². The number of nitrogens with one attached hydrogen (secondary N) is 1. The fourth-order valence-electron chi connectivity index (χ4n) is 2.70. The third kappa shape index (κ3) is 2.54. The van der Waals surface area contributed by atoms with Crippen LogP contribution in [0.4, 0.5) is 0 Å². The van der Waals surface area contributed by atoms with Crippen LogP contribution in [-0.4, -0.2) is 43.9 Å². The van der Waals surface area contributed by atoms with Gasteiger partial charge < -0.3 is 14.8 Å². The predicted molar refractivity (Wildman–Crippen MR) is 79.5 cm³/mol. The Morgan fingerprint density at radius 2 is 1.95 bits per heavy atom. The lowest BCUT2D eigenvalue weighted by Gasteiger charge is -2.49.